The lowest BCUT2D eigenvalue weighted by atomic mass is 10.3. The van der Waals surface area contributed by atoms with Crippen molar-refractivity contribution in [3.05, 3.63) is 41.5 Å². The number of rotatable bonds is 6. The van der Waals surface area contributed by atoms with Crippen molar-refractivity contribution in [1.29, 1.82) is 0 Å². The predicted octanol–water partition coefficient (Wildman–Crippen LogP) is 3.33. The molecule has 0 saturated heterocycles. The number of para-hydroxylation sites is 1. The van der Waals surface area contributed by atoms with Gasteiger partial charge in [-0.15, -0.1) is 0 Å². The second-order valence-corrected chi connectivity index (χ2v) is 7.04. The van der Waals surface area contributed by atoms with Crippen LogP contribution in [0.5, 0.6) is 0 Å². The van der Waals surface area contributed by atoms with Gasteiger partial charge in [0.15, 0.2) is 5.13 Å². The van der Waals surface area contributed by atoms with Crippen molar-refractivity contribution in [2.75, 3.05) is 32.1 Å². The highest BCUT2D eigenvalue weighted by atomic mass is 32.1. The monoisotopic (exact) mass is 362 g/mol. The lowest BCUT2D eigenvalue weighted by Gasteiger charge is -2.19. The Labute approximate surface area is 148 Å². The molecule has 3 rings (SSSR count). The molecular weight excluding hydrogens is 343 g/mol. The Bertz CT molecular complexity index is 890. The molecule has 2 heterocycles. The van der Waals surface area contributed by atoms with Gasteiger partial charge in [-0.05, 0) is 46.1 Å². The Morgan fingerprint density at radius 3 is 2.76 bits per heavy atom. The first-order valence-corrected chi connectivity index (χ1v) is 8.72. The van der Waals surface area contributed by atoms with Gasteiger partial charge in [-0.3, -0.25) is 9.69 Å². The molecule has 6 nitrogen and oxygen atoms in total. The number of fused-ring (bicyclic) bond motifs is 1. The Balaban J connectivity index is 1.93. The molecule has 0 aliphatic rings. The molecule has 0 spiro atoms. The number of carbonyl (C=O) groups is 1. The van der Waals surface area contributed by atoms with E-state index in [0.29, 0.717) is 22.1 Å². The summed E-state index contributed by atoms with van der Waals surface area (Å²) in [5, 5.41) is 4.23. The minimum Gasteiger partial charge on any atom is -0.351 e. The Morgan fingerprint density at radius 1 is 1.32 bits per heavy atom. The molecule has 0 aliphatic heterocycles. The number of amides is 1. The Morgan fingerprint density at radius 2 is 2.12 bits per heavy atom. The number of thiazole rings is 1. The minimum atomic E-state index is -0.392. The molecular formula is C17H19FN4O2S. The molecule has 0 unspecified atom stereocenters. The highest BCUT2D eigenvalue weighted by Crippen LogP contribution is 2.31. The van der Waals surface area contributed by atoms with Crippen molar-refractivity contribution in [1.82, 2.24) is 15.0 Å². The van der Waals surface area contributed by atoms with Gasteiger partial charge in [-0.25, -0.2) is 9.37 Å². The second-order valence-electron chi connectivity index (χ2n) is 6.03. The maximum absolute atomic E-state index is 14.0. The van der Waals surface area contributed by atoms with Crippen LogP contribution < -0.4 is 4.90 Å². The number of nitrogens with zero attached hydrogens (tertiary/aromatic N) is 4. The lowest BCUT2D eigenvalue weighted by Crippen LogP contribution is -2.33. The van der Waals surface area contributed by atoms with Crippen LogP contribution >= 0.6 is 11.3 Å². The smallest absolute Gasteiger partial charge is 0.298 e. The normalized spacial score (nSPS) is 11.4. The van der Waals surface area contributed by atoms with E-state index in [1.165, 1.54) is 22.3 Å². The second kappa shape index (κ2) is 7.28. The van der Waals surface area contributed by atoms with Crippen LogP contribution in [-0.2, 0) is 0 Å². The third kappa shape index (κ3) is 3.85. The zero-order chi connectivity index (χ0) is 18.0. The molecule has 0 radical (unpaired) electrons. The van der Waals surface area contributed by atoms with E-state index in [0.717, 1.165) is 13.0 Å². The lowest BCUT2D eigenvalue weighted by molar-refractivity contribution is 0.0950. The summed E-state index contributed by atoms with van der Waals surface area (Å²) in [6.07, 6.45) is 0.754. The largest absolute Gasteiger partial charge is 0.351 e. The van der Waals surface area contributed by atoms with E-state index in [-0.39, 0.29) is 17.2 Å². The van der Waals surface area contributed by atoms with Crippen molar-refractivity contribution in [3.63, 3.8) is 0 Å². The fraction of sp³-hybridized carbons (Fsp3) is 0.353. The number of carbonyl (C=O) groups excluding carboxylic acids is 1. The van der Waals surface area contributed by atoms with Gasteiger partial charge in [0, 0.05) is 12.6 Å². The van der Waals surface area contributed by atoms with Crippen molar-refractivity contribution < 1.29 is 13.7 Å². The summed E-state index contributed by atoms with van der Waals surface area (Å²) in [4.78, 5) is 20.8. The number of hydrogen-bond donors (Lipinski definition) is 0. The molecule has 0 bridgehead atoms. The highest BCUT2D eigenvalue weighted by Gasteiger charge is 2.24. The van der Waals surface area contributed by atoms with Gasteiger partial charge >= 0.3 is 0 Å². The average molecular weight is 362 g/mol. The van der Waals surface area contributed by atoms with Crippen LogP contribution in [0.2, 0.25) is 0 Å². The molecule has 0 aliphatic carbocycles. The summed E-state index contributed by atoms with van der Waals surface area (Å²) in [7, 11) is 3.94. The third-order valence-corrected chi connectivity index (χ3v) is 4.70. The molecule has 1 aromatic carbocycles. The Kier molecular flexibility index (Phi) is 5.10. The molecule has 0 atom stereocenters. The third-order valence-electron chi connectivity index (χ3n) is 3.66. The number of aryl methyl sites for hydroxylation is 1. The number of anilines is 1. The molecule has 8 heteroatoms. The van der Waals surface area contributed by atoms with E-state index in [1.807, 2.05) is 19.0 Å². The molecule has 1 amide bonds. The number of aromatic nitrogens is 2. The van der Waals surface area contributed by atoms with Crippen LogP contribution in [0.25, 0.3) is 10.2 Å². The number of hydrogen-bond acceptors (Lipinski definition) is 6. The van der Waals surface area contributed by atoms with Crippen molar-refractivity contribution >= 4 is 32.6 Å². The Hall–Kier alpha value is -2.32. The van der Waals surface area contributed by atoms with Gasteiger partial charge in [0.1, 0.15) is 11.3 Å². The molecule has 2 aromatic heterocycles. The van der Waals surface area contributed by atoms with Gasteiger partial charge in [-0.1, -0.05) is 22.6 Å². The maximum Gasteiger partial charge on any atom is 0.298 e. The summed E-state index contributed by atoms with van der Waals surface area (Å²) in [5.41, 5.74) is 0.911. The SMILES string of the molecule is Cc1cc(C(=O)N(CCCN(C)C)c2nc3c(F)cccc3s2)on1. The van der Waals surface area contributed by atoms with E-state index in [4.69, 9.17) is 4.52 Å². The topological polar surface area (TPSA) is 62.5 Å². The maximum atomic E-state index is 14.0. The minimum absolute atomic E-state index is 0.155. The van der Waals surface area contributed by atoms with Crippen molar-refractivity contribution in [2.24, 2.45) is 0 Å². The zero-order valence-corrected chi connectivity index (χ0v) is 15.1. The van der Waals surface area contributed by atoms with Gasteiger partial charge in [-0.2, -0.15) is 0 Å². The van der Waals surface area contributed by atoms with Gasteiger partial charge in [0.25, 0.3) is 5.91 Å². The molecule has 0 fully saturated rings. The highest BCUT2D eigenvalue weighted by molar-refractivity contribution is 7.22. The summed E-state index contributed by atoms with van der Waals surface area (Å²) in [6, 6.07) is 6.39. The standard InChI is InChI=1S/C17H19FN4O2S/c1-11-10-13(24-20-11)16(23)22(9-5-8-21(2)3)17-19-15-12(18)6-4-7-14(15)25-17/h4,6-7,10H,5,8-9H2,1-3H3. The van der Waals surface area contributed by atoms with E-state index in [2.05, 4.69) is 10.1 Å². The average Bonchev–Trinajstić information content (AvgIpc) is 3.18. The molecule has 0 saturated carbocycles. The predicted molar refractivity (Wildman–Crippen MR) is 95.7 cm³/mol. The van der Waals surface area contributed by atoms with Crippen LogP contribution in [0.4, 0.5) is 9.52 Å². The van der Waals surface area contributed by atoms with Crippen LogP contribution in [0, 0.1) is 12.7 Å². The first-order chi connectivity index (χ1) is 12.0. The van der Waals surface area contributed by atoms with Crippen LogP contribution in [-0.4, -0.2) is 48.1 Å². The van der Waals surface area contributed by atoms with E-state index < -0.39 is 5.82 Å². The van der Waals surface area contributed by atoms with E-state index in [9.17, 15) is 9.18 Å². The molecule has 0 N–H and O–H groups in total. The van der Waals surface area contributed by atoms with Crippen molar-refractivity contribution in [2.45, 2.75) is 13.3 Å². The summed E-state index contributed by atoms with van der Waals surface area (Å²) in [5.74, 6) is -0.558. The van der Waals surface area contributed by atoms with Crippen LogP contribution in [0.15, 0.2) is 28.8 Å². The number of halogens is 1. The first kappa shape index (κ1) is 17.5. The van der Waals surface area contributed by atoms with Gasteiger partial charge < -0.3 is 9.42 Å². The fourth-order valence-corrected chi connectivity index (χ4v) is 3.45. The zero-order valence-electron chi connectivity index (χ0n) is 14.3. The van der Waals surface area contributed by atoms with Crippen molar-refractivity contribution in [3.8, 4) is 0 Å². The first-order valence-electron chi connectivity index (χ1n) is 7.90. The fourth-order valence-electron chi connectivity index (χ4n) is 2.45. The molecule has 25 heavy (non-hydrogen) atoms. The van der Waals surface area contributed by atoms with Crippen LogP contribution in [0.3, 0.4) is 0 Å². The van der Waals surface area contributed by atoms with Gasteiger partial charge in [0.2, 0.25) is 5.76 Å². The number of benzene rings is 1. The summed E-state index contributed by atoms with van der Waals surface area (Å²) < 4.78 is 19.8. The van der Waals surface area contributed by atoms with Gasteiger partial charge in [0.05, 0.1) is 10.4 Å². The van der Waals surface area contributed by atoms with Crippen LogP contribution in [0.1, 0.15) is 22.7 Å². The van der Waals surface area contributed by atoms with E-state index >= 15 is 0 Å². The summed E-state index contributed by atoms with van der Waals surface area (Å²) in [6.45, 7) is 3.03. The van der Waals surface area contributed by atoms with E-state index in [1.54, 1.807) is 25.1 Å². The molecule has 132 valence electrons. The quantitative estimate of drug-likeness (QED) is 0.673. The summed E-state index contributed by atoms with van der Waals surface area (Å²) >= 11 is 1.29. The molecule has 3 aromatic rings.